The third kappa shape index (κ3) is 3.11. The van der Waals surface area contributed by atoms with Gasteiger partial charge in [0.1, 0.15) is 0 Å². The van der Waals surface area contributed by atoms with Gasteiger partial charge in [0.05, 0.1) is 5.60 Å². The maximum Gasteiger partial charge on any atom is 0.0794 e. The Morgan fingerprint density at radius 3 is 2.25 bits per heavy atom. The second kappa shape index (κ2) is 5.55. The lowest BCUT2D eigenvalue weighted by Gasteiger charge is -2.33. The number of nitrogens with one attached hydrogen (secondary N) is 1. The van der Waals surface area contributed by atoms with Crippen LogP contribution < -0.4 is 5.32 Å². The van der Waals surface area contributed by atoms with E-state index in [-0.39, 0.29) is 6.04 Å². The van der Waals surface area contributed by atoms with Gasteiger partial charge in [-0.3, -0.25) is 0 Å². The molecular formula is C10H23NO. The van der Waals surface area contributed by atoms with E-state index in [1.165, 1.54) is 0 Å². The fourth-order valence-corrected chi connectivity index (χ4v) is 1.63. The minimum atomic E-state index is -0.509. The highest BCUT2D eigenvalue weighted by Gasteiger charge is 2.29. The number of aliphatic hydroxyl groups is 1. The van der Waals surface area contributed by atoms with E-state index < -0.39 is 5.60 Å². The lowest BCUT2D eigenvalue weighted by Crippen LogP contribution is -2.48. The average Bonchev–Trinajstić information content (AvgIpc) is 2.05. The first-order valence-corrected chi connectivity index (χ1v) is 5.06. The molecule has 74 valence electrons. The largest absolute Gasteiger partial charge is 0.388 e. The van der Waals surface area contributed by atoms with Crippen LogP contribution in [0.15, 0.2) is 0 Å². The zero-order chi connectivity index (χ0) is 9.61. The molecular weight excluding hydrogens is 150 g/mol. The van der Waals surface area contributed by atoms with E-state index >= 15 is 0 Å². The van der Waals surface area contributed by atoms with Crippen molar-refractivity contribution in [1.29, 1.82) is 0 Å². The zero-order valence-corrected chi connectivity index (χ0v) is 8.85. The quantitative estimate of drug-likeness (QED) is 0.643. The fourth-order valence-electron chi connectivity index (χ4n) is 1.63. The number of hydrogen-bond donors (Lipinski definition) is 2. The van der Waals surface area contributed by atoms with Crippen LogP contribution >= 0.6 is 0 Å². The molecule has 0 amide bonds. The van der Waals surface area contributed by atoms with E-state index in [0.29, 0.717) is 0 Å². The van der Waals surface area contributed by atoms with Crippen molar-refractivity contribution in [3.8, 4) is 0 Å². The maximum absolute atomic E-state index is 10.2. The van der Waals surface area contributed by atoms with Crippen LogP contribution in [0.1, 0.15) is 47.0 Å². The van der Waals surface area contributed by atoms with Crippen LogP contribution in [0.3, 0.4) is 0 Å². The average molecular weight is 173 g/mol. The zero-order valence-electron chi connectivity index (χ0n) is 8.85. The van der Waals surface area contributed by atoms with Crippen molar-refractivity contribution in [3.05, 3.63) is 0 Å². The van der Waals surface area contributed by atoms with Crippen LogP contribution in [0, 0.1) is 0 Å². The van der Waals surface area contributed by atoms with E-state index in [4.69, 9.17) is 0 Å². The van der Waals surface area contributed by atoms with Gasteiger partial charge < -0.3 is 10.4 Å². The highest BCUT2D eigenvalue weighted by Crippen LogP contribution is 2.21. The Morgan fingerprint density at radius 1 is 1.33 bits per heavy atom. The summed E-state index contributed by atoms with van der Waals surface area (Å²) in [5, 5.41) is 13.4. The van der Waals surface area contributed by atoms with E-state index in [1.54, 1.807) is 0 Å². The molecule has 0 saturated carbocycles. The lowest BCUT2D eigenvalue weighted by molar-refractivity contribution is -0.00448. The first-order valence-electron chi connectivity index (χ1n) is 5.06. The smallest absolute Gasteiger partial charge is 0.0794 e. The molecule has 0 aromatic carbocycles. The van der Waals surface area contributed by atoms with Gasteiger partial charge in [-0.25, -0.2) is 0 Å². The molecule has 0 aliphatic rings. The molecule has 0 aliphatic heterocycles. The summed E-state index contributed by atoms with van der Waals surface area (Å²) in [5.41, 5.74) is -0.509. The van der Waals surface area contributed by atoms with Crippen LogP contribution in [-0.2, 0) is 0 Å². The molecule has 2 nitrogen and oxygen atoms in total. The molecule has 2 unspecified atom stereocenters. The Labute approximate surface area is 76.4 Å². The Balaban J connectivity index is 4.08. The lowest BCUT2D eigenvalue weighted by atomic mass is 9.88. The molecule has 0 aliphatic carbocycles. The number of rotatable bonds is 6. The summed E-state index contributed by atoms with van der Waals surface area (Å²) in [5.74, 6) is 0. The molecule has 0 aromatic rings. The molecule has 0 bridgehead atoms. The van der Waals surface area contributed by atoms with Crippen LogP contribution in [-0.4, -0.2) is 23.3 Å². The first-order chi connectivity index (χ1) is 5.60. The van der Waals surface area contributed by atoms with Gasteiger partial charge in [0.15, 0.2) is 0 Å². The second-order valence-corrected chi connectivity index (χ2v) is 3.49. The van der Waals surface area contributed by atoms with E-state index in [9.17, 15) is 5.11 Å². The first kappa shape index (κ1) is 11.9. The number of likely N-dealkylation sites (N-methyl/N-ethyl adjacent to an activating group) is 1. The van der Waals surface area contributed by atoms with Gasteiger partial charge in [0.25, 0.3) is 0 Å². The van der Waals surface area contributed by atoms with Crippen molar-refractivity contribution in [2.45, 2.75) is 58.6 Å². The highest BCUT2D eigenvalue weighted by atomic mass is 16.3. The molecule has 0 heterocycles. The Hall–Kier alpha value is -0.0800. The van der Waals surface area contributed by atoms with Crippen LogP contribution in [0.25, 0.3) is 0 Å². The SMILES string of the molecule is CCCC(O)(CC)C(C)NCC. The third-order valence-electron chi connectivity index (χ3n) is 2.61. The minimum absolute atomic E-state index is 0.201. The predicted octanol–water partition coefficient (Wildman–Crippen LogP) is 1.93. The molecule has 0 aromatic heterocycles. The molecule has 12 heavy (non-hydrogen) atoms. The molecule has 0 rings (SSSR count). The van der Waals surface area contributed by atoms with Crippen LogP contribution in [0.4, 0.5) is 0 Å². The maximum atomic E-state index is 10.2. The van der Waals surface area contributed by atoms with Gasteiger partial charge in [-0.2, -0.15) is 0 Å². The second-order valence-electron chi connectivity index (χ2n) is 3.49. The topological polar surface area (TPSA) is 32.3 Å². The van der Waals surface area contributed by atoms with Crippen molar-refractivity contribution in [3.63, 3.8) is 0 Å². The van der Waals surface area contributed by atoms with Crippen molar-refractivity contribution in [1.82, 2.24) is 5.32 Å². The van der Waals surface area contributed by atoms with Crippen LogP contribution in [0.2, 0.25) is 0 Å². The van der Waals surface area contributed by atoms with Gasteiger partial charge in [-0.15, -0.1) is 0 Å². The summed E-state index contributed by atoms with van der Waals surface area (Å²) in [7, 11) is 0. The predicted molar refractivity (Wildman–Crippen MR) is 53.3 cm³/mol. The molecule has 0 fully saturated rings. The van der Waals surface area contributed by atoms with Gasteiger partial charge in [-0.05, 0) is 26.3 Å². The van der Waals surface area contributed by atoms with E-state index in [0.717, 1.165) is 25.8 Å². The van der Waals surface area contributed by atoms with Crippen LogP contribution in [0.5, 0.6) is 0 Å². The molecule has 0 radical (unpaired) electrons. The Kier molecular flexibility index (Phi) is 5.51. The highest BCUT2D eigenvalue weighted by molar-refractivity contribution is 4.86. The van der Waals surface area contributed by atoms with Crippen molar-refractivity contribution < 1.29 is 5.11 Å². The van der Waals surface area contributed by atoms with Gasteiger partial charge >= 0.3 is 0 Å². The fraction of sp³-hybridized carbons (Fsp3) is 1.00. The Morgan fingerprint density at radius 2 is 1.92 bits per heavy atom. The van der Waals surface area contributed by atoms with Crippen molar-refractivity contribution in [2.24, 2.45) is 0 Å². The minimum Gasteiger partial charge on any atom is -0.388 e. The van der Waals surface area contributed by atoms with Gasteiger partial charge in [0.2, 0.25) is 0 Å². The molecule has 2 N–H and O–H groups in total. The third-order valence-corrected chi connectivity index (χ3v) is 2.61. The summed E-state index contributed by atoms with van der Waals surface area (Å²) in [4.78, 5) is 0. The molecule has 2 atom stereocenters. The Bertz CT molecular complexity index is 116. The summed E-state index contributed by atoms with van der Waals surface area (Å²) in [6, 6.07) is 0.201. The molecule has 2 heteroatoms. The van der Waals surface area contributed by atoms with Gasteiger partial charge in [-0.1, -0.05) is 27.2 Å². The normalized spacial score (nSPS) is 18.8. The molecule has 0 saturated heterocycles. The van der Waals surface area contributed by atoms with Crippen molar-refractivity contribution in [2.75, 3.05) is 6.54 Å². The van der Waals surface area contributed by atoms with Gasteiger partial charge in [0, 0.05) is 6.04 Å². The van der Waals surface area contributed by atoms with E-state index in [2.05, 4.69) is 26.1 Å². The standard InChI is InChI=1S/C10H23NO/c1-5-8-10(12,6-2)9(4)11-7-3/h9,11-12H,5-8H2,1-4H3. The van der Waals surface area contributed by atoms with E-state index in [1.807, 2.05) is 6.92 Å². The summed E-state index contributed by atoms with van der Waals surface area (Å²) in [6.07, 6.45) is 2.76. The monoisotopic (exact) mass is 173 g/mol. The summed E-state index contributed by atoms with van der Waals surface area (Å²) < 4.78 is 0. The van der Waals surface area contributed by atoms with Crippen molar-refractivity contribution >= 4 is 0 Å². The summed E-state index contributed by atoms with van der Waals surface area (Å²) >= 11 is 0. The molecule has 0 spiro atoms. The summed E-state index contributed by atoms with van der Waals surface area (Å²) in [6.45, 7) is 9.21. The number of hydrogen-bond acceptors (Lipinski definition) is 2.